The summed E-state index contributed by atoms with van der Waals surface area (Å²) in [4.78, 5) is 0. The number of ether oxygens (including phenoxy) is 1. The Kier molecular flexibility index (Phi) is 1.62. The highest BCUT2D eigenvalue weighted by Crippen LogP contribution is 2.35. The highest BCUT2D eigenvalue weighted by molar-refractivity contribution is 5.58. The highest BCUT2D eigenvalue weighted by Gasteiger charge is 2.23. The fourth-order valence-corrected chi connectivity index (χ4v) is 1.47. The quantitative estimate of drug-likeness (QED) is 0.681. The molecule has 2 nitrogen and oxygen atoms in total. The molecule has 1 aliphatic heterocycles. The number of hydrogen-bond donors (Lipinski definition) is 1. The van der Waals surface area contributed by atoms with Gasteiger partial charge in [-0.15, -0.1) is 0 Å². The summed E-state index contributed by atoms with van der Waals surface area (Å²) in [6.45, 7) is 4.04. The van der Waals surface area contributed by atoms with E-state index in [9.17, 15) is 5.11 Å². The van der Waals surface area contributed by atoms with Gasteiger partial charge in [0.25, 0.3) is 0 Å². The number of fused-ring (bicyclic) bond motifs is 1. The number of aliphatic hydroxyl groups excluding tert-OH is 1. The van der Waals surface area contributed by atoms with Crippen molar-refractivity contribution in [3.63, 3.8) is 0 Å². The van der Waals surface area contributed by atoms with E-state index in [1.165, 1.54) is 0 Å². The molecule has 1 aromatic carbocycles. The van der Waals surface area contributed by atoms with Crippen LogP contribution in [-0.2, 0) is 0 Å². The van der Waals surface area contributed by atoms with Crippen molar-refractivity contribution < 1.29 is 9.84 Å². The maximum atomic E-state index is 9.52. The van der Waals surface area contributed by atoms with E-state index in [0.717, 1.165) is 16.9 Å². The van der Waals surface area contributed by atoms with E-state index in [2.05, 4.69) is 6.58 Å². The monoisotopic (exact) mass is 162 g/mol. The Morgan fingerprint density at radius 3 is 3.17 bits per heavy atom. The van der Waals surface area contributed by atoms with Gasteiger partial charge in [-0.05, 0) is 11.6 Å². The Morgan fingerprint density at radius 2 is 2.42 bits per heavy atom. The first-order chi connectivity index (χ1) is 5.83. The molecule has 0 aliphatic carbocycles. The smallest absolute Gasteiger partial charge is 0.125 e. The lowest BCUT2D eigenvalue weighted by Gasteiger charge is -2.03. The molecule has 0 saturated heterocycles. The van der Waals surface area contributed by atoms with Gasteiger partial charge in [-0.2, -0.15) is 0 Å². The first-order valence-electron chi connectivity index (χ1n) is 3.89. The molecule has 2 rings (SSSR count). The molecule has 0 fully saturated rings. The summed E-state index contributed by atoms with van der Waals surface area (Å²) in [5.74, 6) is 0.778. The third-order valence-corrected chi connectivity index (χ3v) is 2.05. The molecule has 0 aromatic heterocycles. The molecule has 0 radical (unpaired) electrons. The Balaban J connectivity index is 2.60. The lowest BCUT2D eigenvalue weighted by molar-refractivity contribution is 0.140. The van der Waals surface area contributed by atoms with Gasteiger partial charge in [-0.1, -0.05) is 24.8 Å². The molecule has 1 unspecified atom stereocenters. The maximum absolute atomic E-state index is 9.52. The van der Waals surface area contributed by atoms with Crippen LogP contribution < -0.4 is 4.74 Å². The van der Waals surface area contributed by atoms with Crippen molar-refractivity contribution in [1.29, 1.82) is 0 Å². The summed E-state index contributed by atoms with van der Waals surface area (Å²) in [7, 11) is 0. The summed E-state index contributed by atoms with van der Waals surface area (Å²) in [5, 5.41) is 9.52. The van der Waals surface area contributed by atoms with Gasteiger partial charge in [-0.3, -0.25) is 0 Å². The topological polar surface area (TPSA) is 29.5 Å². The molecule has 1 aromatic rings. The van der Waals surface area contributed by atoms with E-state index in [4.69, 9.17) is 4.74 Å². The molecule has 2 heteroatoms. The Morgan fingerprint density at radius 1 is 1.58 bits per heavy atom. The van der Waals surface area contributed by atoms with Crippen molar-refractivity contribution in [2.75, 3.05) is 6.61 Å². The minimum atomic E-state index is -0.491. The second-order valence-corrected chi connectivity index (χ2v) is 2.79. The average Bonchev–Trinajstić information content (AvgIpc) is 2.48. The van der Waals surface area contributed by atoms with E-state index in [0.29, 0.717) is 6.61 Å². The van der Waals surface area contributed by atoms with E-state index in [1.807, 2.05) is 18.2 Å². The zero-order chi connectivity index (χ0) is 8.55. The predicted molar refractivity (Wildman–Crippen MR) is 47.0 cm³/mol. The zero-order valence-corrected chi connectivity index (χ0v) is 6.66. The number of rotatable bonds is 1. The molecule has 62 valence electrons. The van der Waals surface area contributed by atoms with Gasteiger partial charge in [0.1, 0.15) is 18.5 Å². The number of aliphatic hydroxyl groups is 1. The van der Waals surface area contributed by atoms with E-state index in [1.54, 1.807) is 6.08 Å². The standard InChI is InChI=1S/C10H10O2/c1-2-7-4-3-5-9-10(7)8(11)6-12-9/h2-5,8,11H,1,6H2. The number of hydrogen-bond acceptors (Lipinski definition) is 2. The summed E-state index contributed by atoms with van der Waals surface area (Å²) >= 11 is 0. The molecular weight excluding hydrogens is 152 g/mol. The molecule has 12 heavy (non-hydrogen) atoms. The fourth-order valence-electron chi connectivity index (χ4n) is 1.47. The van der Waals surface area contributed by atoms with Crippen LogP contribution in [-0.4, -0.2) is 11.7 Å². The molecule has 1 atom stereocenters. The molecule has 0 bridgehead atoms. The van der Waals surface area contributed by atoms with Crippen LogP contribution in [0.25, 0.3) is 6.08 Å². The van der Waals surface area contributed by atoms with Crippen LogP contribution in [0, 0.1) is 0 Å². The Labute approximate surface area is 71.1 Å². The van der Waals surface area contributed by atoms with Gasteiger partial charge < -0.3 is 9.84 Å². The van der Waals surface area contributed by atoms with Crippen molar-refractivity contribution in [2.45, 2.75) is 6.10 Å². The summed E-state index contributed by atoms with van der Waals surface area (Å²) in [5.41, 5.74) is 1.82. The zero-order valence-electron chi connectivity index (χ0n) is 6.66. The minimum Gasteiger partial charge on any atom is -0.490 e. The van der Waals surface area contributed by atoms with Crippen molar-refractivity contribution in [3.05, 3.63) is 35.9 Å². The van der Waals surface area contributed by atoms with Crippen molar-refractivity contribution in [3.8, 4) is 5.75 Å². The second-order valence-electron chi connectivity index (χ2n) is 2.79. The lowest BCUT2D eigenvalue weighted by Crippen LogP contribution is -1.98. The Hall–Kier alpha value is -1.28. The molecular formula is C10H10O2. The van der Waals surface area contributed by atoms with Crippen LogP contribution in [0.2, 0.25) is 0 Å². The van der Waals surface area contributed by atoms with Crippen LogP contribution in [0.15, 0.2) is 24.8 Å². The molecule has 0 spiro atoms. The highest BCUT2D eigenvalue weighted by atomic mass is 16.5. The minimum absolute atomic E-state index is 0.361. The first kappa shape index (κ1) is 7.37. The van der Waals surface area contributed by atoms with Crippen molar-refractivity contribution >= 4 is 6.08 Å². The average molecular weight is 162 g/mol. The van der Waals surface area contributed by atoms with Crippen LogP contribution in [0.3, 0.4) is 0 Å². The summed E-state index contributed by atoms with van der Waals surface area (Å²) < 4.78 is 5.26. The van der Waals surface area contributed by atoms with E-state index < -0.39 is 6.10 Å². The SMILES string of the molecule is C=Cc1cccc2c1C(O)CO2. The molecule has 1 aliphatic rings. The largest absolute Gasteiger partial charge is 0.490 e. The lowest BCUT2D eigenvalue weighted by atomic mass is 10.0. The van der Waals surface area contributed by atoms with Crippen LogP contribution in [0.1, 0.15) is 17.2 Å². The molecule has 1 N–H and O–H groups in total. The van der Waals surface area contributed by atoms with Gasteiger partial charge >= 0.3 is 0 Å². The van der Waals surface area contributed by atoms with Gasteiger partial charge in [0.05, 0.1) is 0 Å². The second kappa shape index (κ2) is 2.64. The molecule has 0 saturated carbocycles. The fraction of sp³-hybridized carbons (Fsp3) is 0.200. The maximum Gasteiger partial charge on any atom is 0.125 e. The molecule has 1 heterocycles. The van der Waals surface area contributed by atoms with Gasteiger partial charge in [0.15, 0.2) is 0 Å². The van der Waals surface area contributed by atoms with Crippen molar-refractivity contribution in [1.82, 2.24) is 0 Å². The van der Waals surface area contributed by atoms with Gasteiger partial charge in [0, 0.05) is 5.56 Å². The molecule has 0 amide bonds. The van der Waals surface area contributed by atoms with E-state index >= 15 is 0 Å². The normalized spacial score (nSPS) is 19.9. The summed E-state index contributed by atoms with van der Waals surface area (Å²) in [6.07, 6.45) is 1.24. The van der Waals surface area contributed by atoms with Gasteiger partial charge in [-0.25, -0.2) is 0 Å². The third-order valence-electron chi connectivity index (χ3n) is 2.05. The summed E-state index contributed by atoms with van der Waals surface area (Å²) in [6, 6.07) is 5.68. The van der Waals surface area contributed by atoms with Crippen LogP contribution >= 0.6 is 0 Å². The van der Waals surface area contributed by atoms with Crippen LogP contribution in [0.5, 0.6) is 5.75 Å². The van der Waals surface area contributed by atoms with E-state index in [-0.39, 0.29) is 0 Å². The third kappa shape index (κ3) is 0.924. The Bertz CT molecular complexity index is 318. The van der Waals surface area contributed by atoms with Gasteiger partial charge in [0.2, 0.25) is 0 Å². The number of benzene rings is 1. The van der Waals surface area contributed by atoms with Crippen LogP contribution in [0.4, 0.5) is 0 Å². The van der Waals surface area contributed by atoms with Crippen molar-refractivity contribution in [2.24, 2.45) is 0 Å². The predicted octanol–water partition coefficient (Wildman–Crippen LogP) is 1.76. The first-order valence-corrected chi connectivity index (χ1v) is 3.89.